The predicted octanol–water partition coefficient (Wildman–Crippen LogP) is 6.81. The van der Waals surface area contributed by atoms with E-state index in [2.05, 4.69) is 9.30 Å². The van der Waals surface area contributed by atoms with E-state index in [1.165, 1.54) is 31.4 Å². The molecular weight excluding hydrogens is 495 g/mol. The van der Waals surface area contributed by atoms with Gasteiger partial charge in [-0.1, -0.05) is 25.3 Å². The molecule has 1 saturated heterocycles. The summed E-state index contributed by atoms with van der Waals surface area (Å²) in [6, 6.07) is 6.57. The Bertz CT molecular complexity index is 1080. The van der Waals surface area contributed by atoms with Crippen molar-refractivity contribution in [3.8, 4) is 17.0 Å². The molecule has 1 atom stereocenters. The summed E-state index contributed by atoms with van der Waals surface area (Å²) < 4.78 is 62.0. The van der Waals surface area contributed by atoms with Gasteiger partial charge in [-0.2, -0.15) is 0 Å². The van der Waals surface area contributed by atoms with Crippen molar-refractivity contribution in [3.63, 3.8) is 0 Å². The van der Waals surface area contributed by atoms with Gasteiger partial charge in [-0.05, 0) is 82.5 Å². The summed E-state index contributed by atoms with van der Waals surface area (Å²) in [4.78, 5) is 0.928. The SMILES string of the molecule is Cc1c(SN)cc(-c2ccc(S(=O)N3CCCC3(C)C)c(OC(F)(F)F)c2)n1CC1CCCCC1. The van der Waals surface area contributed by atoms with Crippen LogP contribution in [0.3, 0.4) is 0 Å². The number of rotatable bonds is 7. The Kier molecular flexibility index (Phi) is 7.95. The van der Waals surface area contributed by atoms with Crippen molar-refractivity contribution in [2.24, 2.45) is 11.1 Å². The van der Waals surface area contributed by atoms with E-state index in [0.29, 0.717) is 18.0 Å². The van der Waals surface area contributed by atoms with Crippen LogP contribution in [0.5, 0.6) is 5.75 Å². The Labute approximate surface area is 212 Å². The maximum atomic E-state index is 13.4. The zero-order chi connectivity index (χ0) is 25.4. The summed E-state index contributed by atoms with van der Waals surface area (Å²) in [5, 5.41) is 5.90. The number of aromatic nitrogens is 1. The van der Waals surface area contributed by atoms with Gasteiger partial charge in [0.25, 0.3) is 0 Å². The quantitative estimate of drug-likeness (QED) is 0.401. The third kappa shape index (κ3) is 5.92. The fraction of sp³-hybridized carbons (Fsp3) is 0.600. The van der Waals surface area contributed by atoms with Gasteiger partial charge in [0.15, 0.2) is 0 Å². The number of halogens is 3. The summed E-state index contributed by atoms with van der Waals surface area (Å²) >= 11 is 1.14. The highest BCUT2D eigenvalue weighted by molar-refractivity contribution is 7.97. The molecule has 0 radical (unpaired) electrons. The van der Waals surface area contributed by atoms with Gasteiger partial charge in [-0.15, -0.1) is 13.2 Å². The monoisotopic (exact) mass is 529 g/mol. The highest BCUT2D eigenvalue weighted by Gasteiger charge is 2.39. The summed E-state index contributed by atoms with van der Waals surface area (Å²) in [5.74, 6) is 0.111. The molecule has 1 aliphatic heterocycles. The Hall–Kier alpha value is -1.49. The van der Waals surface area contributed by atoms with E-state index in [1.54, 1.807) is 10.4 Å². The third-order valence-electron chi connectivity index (χ3n) is 7.29. The zero-order valence-electron chi connectivity index (χ0n) is 20.5. The van der Waals surface area contributed by atoms with Gasteiger partial charge < -0.3 is 9.30 Å². The van der Waals surface area contributed by atoms with Gasteiger partial charge in [0.05, 0.1) is 4.90 Å². The lowest BCUT2D eigenvalue weighted by Gasteiger charge is -2.30. The van der Waals surface area contributed by atoms with Crippen LogP contribution in [0.1, 0.15) is 64.5 Å². The molecule has 1 aromatic carbocycles. The van der Waals surface area contributed by atoms with Crippen molar-refractivity contribution in [2.45, 2.75) is 94.0 Å². The molecule has 10 heteroatoms. The molecule has 35 heavy (non-hydrogen) atoms. The molecule has 4 rings (SSSR count). The van der Waals surface area contributed by atoms with E-state index >= 15 is 0 Å². The molecule has 1 aromatic heterocycles. The van der Waals surface area contributed by atoms with Gasteiger partial charge in [0.2, 0.25) is 0 Å². The molecule has 1 unspecified atom stereocenters. The molecule has 2 heterocycles. The molecule has 2 fully saturated rings. The van der Waals surface area contributed by atoms with Gasteiger partial charge in [0, 0.05) is 40.5 Å². The smallest absolute Gasteiger partial charge is 0.404 e. The van der Waals surface area contributed by atoms with E-state index in [-0.39, 0.29) is 10.4 Å². The van der Waals surface area contributed by atoms with Gasteiger partial charge >= 0.3 is 6.36 Å². The van der Waals surface area contributed by atoms with E-state index in [1.807, 2.05) is 26.8 Å². The number of nitrogens with two attached hydrogens (primary N) is 1. The Morgan fingerprint density at radius 2 is 1.89 bits per heavy atom. The van der Waals surface area contributed by atoms with Crippen LogP contribution in [0.4, 0.5) is 13.2 Å². The number of hydrogen-bond acceptors (Lipinski definition) is 4. The molecule has 1 saturated carbocycles. The largest absolute Gasteiger partial charge is 0.573 e. The van der Waals surface area contributed by atoms with Crippen LogP contribution in [0.25, 0.3) is 11.3 Å². The van der Waals surface area contributed by atoms with Crippen molar-refractivity contribution >= 4 is 22.9 Å². The fourth-order valence-electron chi connectivity index (χ4n) is 5.37. The first kappa shape index (κ1) is 26.6. The van der Waals surface area contributed by atoms with Crippen LogP contribution in [0.15, 0.2) is 34.1 Å². The second kappa shape index (κ2) is 10.5. The Morgan fingerprint density at radius 3 is 2.49 bits per heavy atom. The number of alkyl halides is 3. The minimum absolute atomic E-state index is 0.0385. The van der Waals surface area contributed by atoms with Crippen LogP contribution in [-0.4, -0.2) is 31.5 Å². The first-order chi connectivity index (χ1) is 16.5. The number of ether oxygens (including phenoxy) is 1. The molecule has 5 nitrogen and oxygen atoms in total. The average molecular weight is 530 g/mol. The molecule has 0 bridgehead atoms. The second-order valence-electron chi connectivity index (χ2n) is 10.2. The summed E-state index contributed by atoms with van der Waals surface area (Å²) in [5.41, 5.74) is 2.03. The lowest BCUT2D eigenvalue weighted by Crippen LogP contribution is -2.39. The normalized spacial score (nSPS) is 20.3. The van der Waals surface area contributed by atoms with Crippen molar-refractivity contribution in [1.82, 2.24) is 8.87 Å². The molecule has 1 aliphatic carbocycles. The van der Waals surface area contributed by atoms with Crippen LogP contribution < -0.4 is 9.88 Å². The molecule has 2 N–H and O–H groups in total. The van der Waals surface area contributed by atoms with Gasteiger partial charge in [-0.25, -0.2) is 8.51 Å². The highest BCUT2D eigenvalue weighted by Crippen LogP contribution is 2.40. The molecule has 0 spiro atoms. The lowest BCUT2D eigenvalue weighted by molar-refractivity contribution is -0.275. The van der Waals surface area contributed by atoms with Gasteiger partial charge in [0.1, 0.15) is 16.7 Å². The maximum absolute atomic E-state index is 13.4. The molecule has 194 valence electrons. The van der Waals surface area contributed by atoms with E-state index in [0.717, 1.165) is 60.5 Å². The molecular formula is C25H34F3N3O2S2. The van der Waals surface area contributed by atoms with Crippen LogP contribution >= 0.6 is 11.9 Å². The Balaban J connectivity index is 1.75. The van der Waals surface area contributed by atoms with Crippen molar-refractivity contribution in [2.75, 3.05) is 6.54 Å². The number of hydrogen-bond donors (Lipinski definition) is 1. The first-order valence-corrected chi connectivity index (χ1v) is 14.2. The predicted molar refractivity (Wildman–Crippen MR) is 134 cm³/mol. The summed E-state index contributed by atoms with van der Waals surface area (Å²) in [6.07, 6.45) is 2.74. The number of benzene rings is 1. The number of nitrogens with zero attached hydrogens (tertiary/aromatic N) is 2. The molecule has 2 aliphatic rings. The first-order valence-electron chi connectivity index (χ1n) is 12.2. The van der Waals surface area contributed by atoms with Crippen LogP contribution in [-0.2, 0) is 17.5 Å². The van der Waals surface area contributed by atoms with Gasteiger partial charge in [-0.3, -0.25) is 5.14 Å². The lowest BCUT2D eigenvalue weighted by atomic mass is 9.89. The topological polar surface area (TPSA) is 60.5 Å². The zero-order valence-corrected chi connectivity index (χ0v) is 22.1. The second-order valence-corrected chi connectivity index (χ2v) is 12.2. The van der Waals surface area contributed by atoms with E-state index < -0.39 is 23.1 Å². The van der Waals surface area contributed by atoms with Crippen LogP contribution in [0, 0.1) is 12.8 Å². The summed E-state index contributed by atoms with van der Waals surface area (Å²) in [7, 11) is -1.77. The maximum Gasteiger partial charge on any atom is 0.573 e. The molecule has 2 aromatic rings. The minimum atomic E-state index is -4.89. The fourth-order valence-corrected chi connectivity index (χ4v) is 7.36. The average Bonchev–Trinajstić information content (AvgIpc) is 3.31. The minimum Gasteiger partial charge on any atom is -0.404 e. The van der Waals surface area contributed by atoms with E-state index in [4.69, 9.17) is 5.14 Å². The van der Waals surface area contributed by atoms with E-state index in [9.17, 15) is 17.4 Å². The van der Waals surface area contributed by atoms with Crippen molar-refractivity contribution in [3.05, 3.63) is 30.0 Å². The summed E-state index contributed by atoms with van der Waals surface area (Å²) in [6.45, 7) is 7.28. The Morgan fingerprint density at radius 1 is 1.17 bits per heavy atom. The van der Waals surface area contributed by atoms with Crippen molar-refractivity contribution in [1.29, 1.82) is 0 Å². The highest BCUT2D eigenvalue weighted by atomic mass is 32.2. The van der Waals surface area contributed by atoms with Crippen LogP contribution in [0.2, 0.25) is 0 Å². The standard InChI is InChI=1S/C25H34F3N3O2S2/c1-17-22(34-29)15-20(30(17)16-18-8-5-4-6-9-18)19-10-11-23(21(14-19)33-25(26,27)28)35(32)31-13-7-12-24(31,2)3/h10-11,14-15,18H,4-9,12-13,16,29H2,1-3H3. The van der Waals surface area contributed by atoms with Crippen molar-refractivity contribution < 1.29 is 22.1 Å². The third-order valence-corrected chi connectivity index (χ3v) is 9.75. The molecule has 0 amide bonds.